The summed E-state index contributed by atoms with van der Waals surface area (Å²) >= 11 is 0. The van der Waals surface area contributed by atoms with Crippen LogP contribution in [0.3, 0.4) is 0 Å². The first kappa shape index (κ1) is 21.9. The number of nitrogens with zero attached hydrogens (tertiary/aromatic N) is 2. The van der Waals surface area contributed by atoms with E-state index in [-0.39, 0.29) is 12.0 Å². The Hall–Kier alpha value is -3.10. The molecule has 0 fully saturated rings. The quantitative estimate of drug-likeness (QED) is 0.707. The predicted molar refractivity (Wildman–Crippen MR) is 95.7 cm³/mol. The highest BCUT2D eigenvalue weighted by atomic mass is 19.1. The molecule has 1 amide bonds. The van der Waals surface area contributed by atoms with Crippen molar-refractivity contribution in [2.75, 3.05) is 5.73 Å². The lowest BCUT2D eigenvalue weighted by Crippen LogP contribution is -2.41. The van der Waals surface area contributed by atoms with Crippen molar-refractivity contribution < 1.29 is 23.5 Å². The molecule has 1 unspecified atom stereocenters. The van der Waals surface area contributed by atoms with E-state index in [0.717, 1.165) is 17.7 Å². The van der Waals surface area contributed by atoms with Gasteiger partial charge in [0.15, 0.2) is 0 Å². The Kier molecular flexibility index (Phi) is 8.77. The molecule has 0 radical (unpaired) electrons. The molecule has 0 saturated carbocycles. The summed E-state index contributed by atoms with van der Waals surface area (Å²) in [5.74, 6) is -2.92. The zero-order valence-electron chi connectivity index (χ0n) is 15.1. The van der Waals surface area contributed by atoms with E-state index in [0.29, 0.717) is 24.9 Å². The van der Waals surface area contributed by atoms with Crippen LogP contribution in [0.4, 0.5) is 14.7 Å². The van der Waals surface area contributed by atoms with Gasteiger partial charge in [0.1, 0.15) is 17.7 Å². The summed E-state index contributed by atoms with van der Waals surface area (Å²) in [7, 11) is 0. The van der Waals surface area contributed by atoms with Crippen molar-refractivity contribution in [2.45, 2.75) is 39.2 Å². The molecule has 0 bridgehead atoms. The first-order valence-electron chi connectivity index (χ1n) is 8.22. The summed E-state index contributed by atoms with van der Waals surface area (Å²) in [5, 5.41) is 11.2. The Bertz CT molecular complexity index is 728. The molecule has 0 spiro atoms. The highest BCUT2D eigenvalue weighted by Gasteiger charge is 2.19. The maximum absolute atomic E-state index is 12.9. The normalized spacial score (nSPS) is 11.1. The van der Waals surface area contributed by atoms with Crippen LogP contribution in [0.25, 0.3) is 0 Å². The molecule has 4 N–H and O–H groups in total. The second kappa shape index (κ2) is 10.8. The molecule has 0 saturated heterocycles. The first-order valence-corrected chi connectivity index (χ1v) is 8.22. The van der Waals surface area contributed by atoms with Gasteiger partial charge in [0.25, 0.3) is 0 Å². The van der Waals surface area contributed by atoms with Crippen LogP contribution in [-0.2, 0) is 16.0 Å². The van der Waals surface area contributed by atoms with Gasteiger partial charge in [-0.25, -0.2) is 23.5 Å². The molecule has 146 valence electrons. The topological polar surface area (TPSA) is 118 Å². The van der Waals surface area contributed by atoms with E-state index < -0.39 is 29.6 Å². The number of amides is 1. The predicted octanol–water partition coefficient (Wildman–Crippen LogP) is 2.24. The highest BCUT2D eigenvalue weighted by molar-refractivity contribution is 5.84. The van der Waals surface area contributed by atoms with Gasteiger partial charge in [-0.1, -0.05) is 13.3 Å². The van der Waals surface area contributed by atoms with Crippen molar-refractivity contribution >= 4 is 17.8 Å². The van der Waals surface area contributed by atoms with E-state index in [9.17, 15) is 18.4 Å². The largest absolute Gasteiger partial charge is 0.480 e. The monoisotopic (exact) mass is 380 g/mol. The van der Waals surface area contributed by atoms with Crippen molar-refractivity contribution in [3.63, 3.8) is 0 Å². The van der Waals surface area contributed by atoms with E-state index in [1.165, 1.54) is 0 Å². The minimum atomic E-state index is -1.12. The number of aliphatic carboxylic acids is 1. The summed E-state index contributed by atoms with van der Waals surface area (Å²) in [6.07, 6.45) is 4.01. The number of hydrogen-bond donors (Lipinski definition) is 3. The zero-order valence-corrected chi connectivity index (χ0v) is 15.1. The fourth-order valence-corrected chi connectivity index (χ4v) is 2.09. The summed E-state index contributed by atoms with van der Waals surface area (Å²) < 4.78 is 25.8. The number of aryl methyl sites for hydroxylation is 1. The van der Waals surface area contributed by atoms with Gasteiger partial charge in [-0.15, -0.1) is 0 Å². The van der Waals surface area contributed by atoms with E-state index in [4.69, 9.17) is 10.8 Å². The lowest BCUT2D eigenvalue weighted by molar-refractivity contribution is -0.141. The van der Waals surface area contributed by atoms with Gasteiger partial charge >= 0.3 is 5.97 Å². The van der Waals surface area contributed by atoms with Gasteiger partial charge in [0.05, 0.1) is 6.42 Å². The standard InChI is InChI=1S/C13H15F2NO3.C5H7N3/c1-2-3-11(13(18)19)16-12(17)6-8-4-9(14)7-10(15)5-8;1-4-2-7-5(6)8-3-4/h4-5,7,11H,2-3,6H2,1H3,(H,16,17)(H,18,19);2-3H,1H3,(H2,6,7,8). The van der Waals surface area contributed by atoms with Gasteiger partial charge in [0, 0.05) is 18.5 Å². The molecule has 1 atom stereocenters. The minimum absolute atomic E-state index is 0.163. The fraction of sp³-hybridized carbons (Fsp3) is 0.333. The van der Waals surface area contributed by atoms with Crippen LogP contribution < -0.4 is 11.1 Å². The molecule has 7 nitrogen and oxygen atoms in total. The van der Waals surface area contributed by atoms with Crippen LogP contribution in [0.5, 0.6) is 0 Å². The van der Waals surface area contributed by atoms with Crippen molar-refractivity contribution in [3.8, 4) is 0 Å². The molecule has 0 aliphatic rings. The number of benzene rings is 1. The van der Waals surface area contributed by atoms with Crippen LogP contribution >= 0.6 is 0 Å². The second-order valence-corrected chi connectivity index (χ2v) is 5.82. The van der Waals surface area contributed by atoms with Crippen LogP contribution in [0.2, 0.25) is 0 Å². The summed E-state index contributed by atoms with van der Waals surface area (Å²) in [5.41, 5.74) is 6.39. The average Bonchev–Trinajstić information content (AvgIpc) is 2.56. The number of aromatic nitrogens is 2. The third-order valence-electron chi connectivity index (χ3n) is 3.30. The molecule has 27 heavy (non-hydrogen) atoms. The van der Waals surface area contributed by atoms with Crippen LogP contribution in [0.1, 0.15) is 30.9 Å². The number of carbonyl (C=O) groups is 2. The molecular formula is C18H22F2N4O3. The maximum Gasteiger partial charge on any atom is 0.326 e. The number of halogens is 2. The zero-order chi connectivity index (χ0) is 20.4. The Morgan fingerprint density at radius 1 is 1.19 bits per heavy atom. The minimum Gasteiger partial charge on any atom is -0.480 e. The Labute approximate surface area is 155 Å². The number of nitrogens with one attached hydrogen (secondary N) is 1. The summed E-state index contributed by atoms with van der Waals surface area (Å²) in [4.78, 5) is 29.9. The molecular weight excluding hydrogens is 358 g/mol. The number of hydrogen-bond acceptors (Lipinski definition) is 5. The average molecular weight is 380 g/mol. The van der Waals surface area contributed by atoms with Crippen LogP contribution in [0, 0.1) is 18.6 Å². The lowest BCUT2D eigenvalue weighted by Gasteiger charge is -2.13. The van der Waals surface area contributed by atoms with E-state index in [1.54, 1.807) is 19.3 Å². The van der Waals surface area contributed by atoms with Crippen molar-refractivity contribution in [3.05, 3.63) is 53.4 Å². The van der Waals surface area contributed by atoms with E-state index >= 15 is 0 Å². The molecule has 0 aliphatic carbocycles. The van der Waals surface area contributed by atoms with Crippen LogP contribution in [0.15, 0.2) is 30.6 Å². The van der Waals surface area contributed by atoms with E-state index in [1.807, 2.05) is 6.92 Å². The number of rotatable bonds is 6. The molecule has 1 aromatic carbocycles. The molecule has 2 aromatic rings. The molecule has 2 rings (SSSR count). The molecule has 0 aliphatic heterocycles. The van der Waals surface area contributed by atoms with Crippen molar-refractivity contribution in [1.82, 2.24) is 15.3 Å². The summed E-state index contributed by atoms with van der Waals surface area (Å²) in [6, 6.07) is 1.81. The first-order chi connectivity index (χ1) is 12.7. The van der Waals surface area contributed by atoms with Crippen molar-refractivity contribution in [1.29, 1.82) is 0 Å². The maximum atomic E-state index is 12.9. The van der Waals surface area contributed by atoms with Gasteiger partial charge in [-0.3, -0.25) is 4.79 Å². The Morgan fingerprint density at radius 2 is 1.74 bits per heavy atom. The fourth-order valence-electron chi connectivity index (χ4n) is 2.09. The van der Waals surface area contributed by atoms with Gasteiger partial charge < -0.3 is 16.2 Å². The Balaban J connectivity index is 0.000000377. The van der Waals surface area contributed by atoms with Gasteiger partial charge in [0.2, 0.25) is 11.9 Å². The number of anilines is 1. The van der Waals surface area contributed by atoms with Gasteiger partial charge in [-0.2, -0.15) is 0 Å². The number of nitrogens with two attached hydrogens (primary N) is 1. The van der Waals surface area contributed by atoms with Crippen molar-refractivity contribution in [2.24, 2.45) is 0 Å². The highest BCUT2D eigenvalue weighted by Crippen LogP contribution is 2.09. The number of carboxylic acid groups (broad SMARTS) is 1. The smallest absolute Gasteiger partial charge is 0.326 e. The molecule has 9 heteroatoms. The molecule has 1 heterocycles. The number of carboxylic acids is 1. The van der Waals surface area contributed by atoms with E-state index in [2.05, 4.69) is 15.3 Å². The third-order valence-corrected chi connectivity index (χ3v) is 3.30. The second-order valence-electron chi connectivity index (χ2n) is 5.82. The Morgan fingerprint density at radius 3 is 2.19 bits per heavy atom. The number of nitrogen functional groups attached to an aromatic ring is 1. The lowest BCUT2D eigenvalue weighted by atomic mass is 10.1. The third kappa shape index (κ3) is 8.70. The molecule has 1 aromatic heterocycles. The number of carbonyl (C=O) groups excluding carboxylic acids is 1. The SMILES string of the molecule is CCCC(NC(=O)Cc1cc(F)cc(F)c1)C(=O)O.Cc1cnc(N)nc1. The summed E-state index contributed by atoms with van der Waals surface area (Å²) in [6.45, 7) is 3.71. The van der Waals surface area contributed by atoms with Crippen LogP contribution in [-0.4, -0.2) is 33.0 Å². The van der Waals surface area contributed by atoms with Gasteiger partial charge in [-0.05, 0) is 36.6 Å².